The van der Waals surface area contributed by atoms with Crippen LogP contribution in [0.15, 0.2) is 58.6 Å². The van der Waals surface area contributed by atoms with Gasteiger partial charge in [-0.25, -0.2) is 0 Å². The number of benzene rings is 1. The number of amides is 1. The first-order valence-corrected chi connectivity index (χ1v) is 11.0. The molecule has 0 unspecified atom stereocenters. The average Bonchev–Trinajstić information content (AvgIpc) is 3.47. The number of aromatic nitrogens is 2. The highest BCUT2D eigenvalue weighted by molar-refractivity contribution is 7.13. The van der Waals surface area contributed by atoms with Gasteiger partial charge in [0.2, 0.25) is 5.91 Å². The number of hydrogen-bond acceptors (Lipinski definition) is 4. The molecule has 0 bridgehead atoms. The number of carbonyl (C=O) groups is 1. The van der Waals surface area contributed by atoms with E-state index in [9.17, 15) is 4.79 Å². The number of aromatic amines is 1. The topological polar surface area (TPSA) is 62.1 Å². The standard InChI is InChI=1S/C23H23N3O2S/c27-23(13-16-15-24-18-8-4-3-7-17(16)18)26-11-5-1-2-9-20(26)19-14-21(28-25-19)22-10-6-12-29-22/h3-4,6-8,10,12,14-15,20,24H,1-2,5,9,11,13H2/t20-/m0/s1. The highest BCUT2D eigenvalue weighted by atomic mass is 32.1. The Bertz CT molecular complexity index is 1110. The zero-order valence-electron chi connectivity index (χ0n) is 16.1. The van der Waals surface area contributed by atoms with E-state index in [1.165, 1.54) is 0 Å². The maximum absolute atomic E-state index is 13.3. The Morgan fingerprint density at radius 3 is 3.03 bits per heavy atom. The lowest BCUT2D eigenvalue weighted by molar-refractivity contribution is -0.133. The first-order valence-electron chi connectivity index (χ1n) is 10.1. The Labute approximate surface area is 173 Å². The van der Waals surface area contributed by atoms with E-state index in [1.54, 1.807) is 11.3 Å². The summed E-state index contributed by atoms with van der Waals surface area (Å²) in [5.74, 6) is 0.936. The van der Waals surface area contributed by atoms with Crippen LogP contribution < -0.4 is 0 Å². The molecule has 4 heterocycles. The summed E-state index contributed by atoms with van der Waals surface area (Å²) in [6, 6.07) is 14.2. The van der Waals surface area contributed by atoms with Crippen molar-refractivity contribution in [2.24, 2.45) is 0 Å². The molecule has 5 nitrogen and oxygen atoms in total. The van der Waals surface area contributed by atoms with Crippen LogP contribution in [0.1, 0.15) is 43.0 Å². The SMILES string of the molecule is O=C(Cc1c[nH]c2ccccc12)N1CCCCC[C@H]1c1cc(-c2cccs2)on1. The molecule has 1 saturated heterocycles. The van der Waals surface area contributed by atoms with Crippen LogP contribution in [0, 0.1) is 0 Å². The largest absolute Gasteiger partial charge is 0.361 e. The molecule has 1 aromatic carbocycles. The van der Waals surface area contributed by atoms with Gasteiger partial charge in [0.05, 0.1) is 17.3 Å². The van der Waals surface area contributed by atoms with E-state index < -0.39 is 0 Å². The van der Waals surface area contributed by atoms with Gasteiger partial charge in [-0.05, 0) is 35.9 Å². The molecular formula is C23H23N3O2S. The molecule has 3 aromatic heterocycles. The molecule has 29 heavy (non-hydrogen) atoms. The Kier molecular flexibility index (Phi) is 4.94. The Morgan fingerprint density at radius 1 is 1.21 bits per heavy atom. The summed E-state index contributed by atoms with van der Waals surface area (Å²) in [7, 11) is 0. The van der Waals surface area contributed by atoms with E-state index in [1.807, 2.05) is 52.9 Å². The predicted octanol–water partition coefficient (Wildman–Crippen LogP) is 5.57. The first kappa shape index (κ1) is 18.2. The Hall–Kier alpha value is -2.86. The zero-order chi connectivity index (χ0) is 19.6. The maximum Gasteiger partial charge on any atom is 0.227 e. The number of likely N-dealkylation sites (tertiary alicyclic amines) is 1. The molecule has 148 valence electrons. The lowest BCUT2D eigenvalue weighted by Gasteiger charge is -2.28. The van der Waals surface area contributed by atoms with E-state index >= 15 is 0 Å². The second kappa shape index (κ2) is 7.87. The summed E-state index contributed by atoms with van der Waals surface area (Å²) in [6.07, 6.45) is 6.56. The van der Waals surface area contributed by atoms with Crippen LogP contribution in [0.2, 0.25) is 0 Å². The van der Waals surface area contributed by atoms with Crippen LogP contribution in [-0.2, 0) is 11.2 Å². The van der Waals surface area contributed by atoms with Crippen LogP contribution in [0.3, 0.4) is 0 Å². The summed E-state index contributed by atoms with van der Waals surface area (Å²) in [4.78, 5) is 19.7. The van der Waals surface area contributed by atoms with Crippen molar-refractivity contribution >= 4 is 28.1 Å². The van der Waals surface area contributed by atoms with E-state index in [0.717, 1.165) is 65.0 Å². The summed E-state index contributed by atoms with van der Waals surface area (Å²) < 4.78 is 5.61. The van der Waals surface area contributed by atoms with Gasteiger partial charge in [0.25, 0.3) is 0 Å². The lowest BCUT2D eigenvalue weighted by atomic mass is 10.0. The summed E-state index contributed by atoms with van der Waals surface area (Å²) in [5, 5.41) is 7.50. The fourth-order valence-corrected chi connectivity index (χ4v) is 4.91. The molecule has 5 rings (SSSR count). The van der Waals surface area contributed by atoms with Gasteiger partial charge >= 0.3 is 0 Å². The molecule has 1 aliphatic heterocycles. The molecule has 1 aliphatic rings. The van der Waals surface area contributed by atoms with Crippen molar-refractivity contribution in [1.82, 2.24) is 15.0 Å². The van der Waals surface area contributed by atoms with Crippen LogP contribution in [-0.4, -0.2) is 27.5 Å². The van der Waals surface area contributed by atoms with Crippen molar-refractivity contribution in [2.45, 2.75) is 38.1 Å². The molecule has 4 aromatic rings. The summed E-state index contributed by atoms with van der Waals surface area (Å²) in [5.41, 5.74) is 2.98. The minimum atomic E-state index is -0.0207. The Balaban J connectivity index is 1.41. The molecule has 0 saturated carbocycles. The molecule has 0 radical (unpaired) electrons. The Morgan fingerprint density at radius 2 is 2.14 bits per heavy atom. The highest BCUT2D eigenvalue weighted by Crippen LogP contribution is 2.34. The van der Waals surface area contributed by atoms with Crippen molar-refractivity contribution in [3.05, 3.63) is 65.3 Å². The second-order valence-corrected chi connectivity index (χ2v) is 8.53. The quantitative estimate of drug-likeness (QED) is 0.483. The van der Waals surface area contributed by atoms with Crippen LogP contribution in [0.4, 0.5) is 0 Å². The monoisotopic (exact) mass is 405 g/mol. The second-order valence-electron chi connectivity index (χ2n) is 7.58. The van der Waals surface area contributed by atoms with E-state index in [2.05, 4.69) is 16.2 Å². The van der Waals surface area contributed by atoms with Gasteiger partial charge in [-0.2, -0.15) is 0 Å². The molecular weight excluding hydrogens is 382 g/mol. The smallest absolute Gasteiger partial charge is 0.227 e. The summed E-state index contributed by atoms with van der Waals surface area (Å²) in [6.45, 7) is 0.771. The van der Waals surface area contributed by atoms with E-state index in [4.69, 9.17) is 4.52 Å². The molecule has 1 fully saturated rings. The molecule has 1 N–H and O–H groups in total. The number of rotatable bonds is 4. The fourth-order valence-electron chi connectivity index (χ4n) is 4.24. The number of fused-ring (bicyclic) bond motifs is 1. The van der Waals surface area contributed by atoms with Gasteiger partial charge in [-0.3, -0.25) is 4.79 Å². The molecule has 1 amide bonds. The normalized spacial score (nSPS) is 17.5. The van der Waals surface area contributed by atoms with Crippen molar-refractivity contribution < 1.29 is 9.32 Å². The molecule has 0 spiro atoms. The number of para-hydroxylation sites is 1. The van der Waals surface area contributed by atoms with Gasteiger partial charge in [-0.1, -0.05) is 42.3 Å². The zero-order valence-corrected chi connectivity index (χ0v) is 17.0. The number of nitrogens with zero attached hydrogens (tertiary/aromatic N) is 2. The van der Waals surface area contributed by atoms with Crippen molar-refractivity contribution in [1.29, 1.82) is 0 Å². The first-order chi connectivity index (χ1) is 14.3. The van der Waals surface area contributed by atoms with Gasteiger partial charge < -0.3 is 14.4 Å². The fraction of sp³-hybridized carbons (Fsp3) is 0.304. The highest BCUT2D eigenvalue weighted by Gasteiger charge is 2.29. The third kappa shape index (κ3) is 3.60. The average molecular weight is 406 g/mol. The van der Waals surface area contributed by atoms with Gasteiger partial charge in [-0.15, -0.1) is 11.3 Å². The third-order valence-corrected chi connectivity index (χ3v) is 6.61. The maximum atomic E-state index is 13.3. The molecule has 0 aliphatic carbocycles. The predicted molar refractivity (Wildman–Crippen MR) is 115 cm³/mol. The third-order valence-electron chi connectivity index (χ3n) is 5.72. The van der Waals surface area contributed by atoms with E-state index in [0.29, 0.717) is 6.42 Å². The van der Waals surface area contributed by atoms with Crippen LogP contribution >= 0.6 is 11.3 Å². The van der Waals surface area contributed by atoms with Crippen LogP contribution in [0.5, 0.6) is 0 Å². The van der Waals surface area contributed by atoms with Gasteiger partial charge in [0.1, 0.15) is 5.69 Å². The number of carbonyl (C=O) groups excluding carboxylic acids is 1. The lowest BCUT2D eigenvalue weighted by Crippen LogP contribution is -2.36. The number of H-pyrrole nitrogens is 1. The minimum absolute atomic E-state index is 0.0207. The van der Waals surface area contributed by atoms with Crippen LogP contribution in [0.25, 0.3) is 21.5 Å². The number of hydrogen-bond donors (Lipinski definition) is 1. The van der Waals surface area contributed by atoms with E-state index in [-0.39, 0.29) is 11.9 Å². The van der Waals surface area contributed by atoms with Crippen molar-refractivity contribution in [3.63, 3.8) is 0 Å². The van der Waals surface area contributed by atoms with Gasteiger partial charge in [0.15, 0.2) is 5.76 Å². The molecule has 6 heteroatoms. The number of nitrogens with one attached hydrogen (secondary N) is 1. The van der Waals surface area contributed by atoms with Gasteiger partial charge in [0, 0.05) is 29.7 Å². The van der Waals surface area contributed by atoms with Crippen molar-refractivity contribution in [3.8, 4) is 10.6 Å². The van der Waals surface area contributed by atoms with Crippen molar-refractivity contribution in [2.75, 3.05) is 6.54 Å². The minimum Gasteiger partial charge on any atom is -0.361 e. The summed E-state index contributed by atoms with van der Waals surface area (Å²) >= 11 is 1.63. The molecule has 1 atom stereocenters. The number of thiophene rings is 1.